The molecule has 0 bridgehead atoms. The lowest BCUT2D eigenvalue weighted by Crippen LogP contribution is -2.03. The fourth-order valence-corrected chi connectivity index (χ4v) is 2.63. The molecule has 0 spiro atoms. The van der Waals surface area contributed by atoms with Gasteiger partial charge in [0.25, 0.3) is 0 Å². The molecule has 2 aromatic rings. The van der Waals surface area contributed by atoms with Crippen molar-refractivity contribution in [2.75, 3.05) is 12.4 Å². The molecule has 20 heavy (non-hydrogen) atoms. The van der Waals surface area contributed by atoms with Crippen LogP contribution in [0.4, 0.5) is 10.1 Å². The van der Waals surface area contributed by atoms with Crippen LogP contribution >= 0.6 is 11.6 Å². The molecule has 0 atom stereocenters. The zero-order chi connectivity index (χ0) is 14.3. The maximum Gasteiger partial charge on any atom is 0.228 e. The number of hydrogen-bond donors (Lipinski definition) is 1. The van der Waals surface area contributed by atoms with E-state index in [0.717, 1.165) is 5.56 Å². The van der Waals surface area contributed by atoms with Crippen molar-refractivity contribution in [2.24, 2.45) is 0 Å². The number of fused-ring (bicyclic) bond motifs is 1. The molecule has 1 amide bonds. The van der Waals surface area contributed by atoms with Gasteiger partial charge in [0.15, 0.2) is 0 Å². The van der Waals surface area contributed by atoms with Gasteiger partial charge in [0, 0.05) is 11.3 Å². The minimum Gasteiger partial charge on any atom is -0.496 e. The van der Waals surface area contributed by atoms with Crippen LogP contribution in [0.15, 0.2) is 30.3 Å². The number of hydrogen-bond acceptors (Lipinski definition) is 2. The Morgan fingerprint density at radius 1 is 1.35 bits per heavy atom. The molecule has 1 N–H and O–H groups in total. The third kappa shape index (κ3) is 2.02. The second-order valence-electron chi connectivity index (χ2n) is 4.53. The lowest BCUT2D eigenvalue weighted by Gasteiger charge is -2.12. The van der Waals surface area contributed by atoms with Gasteiger partial charge < -0.3 is 10.1 Å². The molecular weight excluding hydrogens is 281 g/mol. The minimum absolute atomic E-state index is 0.0892. The van der Waals surface area contributed by atoms with Crippen LogP contribution in [-0.2, 0) is 11.2 Å². The van der Waals surface area contributed by atoms with Gasteiger partial charge in [-0.25, -0.2) is 4.39 Å². The third-order valence-corrected chi connectivity index (χ3v) is 3.60. The molecule has 3 nitrogen and oxygen atoms in total. The van der Waals surface area contributed by atoms with Crippen molar-refractivity contribution in [1.82, 2.24) is 0 Å². The van der Waals surface area contributed by atoms with Gasteiger partial charge in [0.1, 0.15) is 11.6 Å². The van der Waals surface area contributed by atoms with Crippen molar-refractivity contribution < 1.29 is 13.9 Å². The van der Waals surface area contributed by atoms with Gasteiger partial charge in [-0.2, -0.15) is 0 Å². The van der Waals surface area contributed by atoms with Crippen LogP contribution < -0.4 is 10.1 Å². The summed E-state index contributed by atoms with van der Waals surface area (Å²) in [6, 6.07) is 7.97. The van der Waals surface area contributed by atoms with Crippen molar-refractivity contribution in [2.45, 2.75) is 6.42 Å². The van der Waals surface area contributed by atoms with E-state index in [2.05, 4.69) is 5.32 Å². The van der Waals surface area contributed by atoms with Crippen LogP contribution in [0.1, 0.15) is 5.56 Å². The quantitative estimate of drug-likeness (QED) is 0.917. The Balaban J connectivity index is 2.22. The highest BCUT2D eigenvalue weighted by molar-refractivity contribution is 6.34. The van der Waals surface area contributed by atoms with Crippen molar-refractivity contribution in [3.63, 3.8) is 0 Å². The largest absolute Gasteiger partial charge is 0.496 e. The van der Waals surface area contributed by atoms with Crippen LogP contribution in [0.3, 0.4) is 0 Å². The number of rotatable bonds is 2. The first-order chi connectivity index (χ1) is 9.60. The molecule has 2 aromatic carbocycles. The van der Waals surface area contributed by atoms with Crippen molar-refractivity contribution in [3.05, 3.63) is 46.7 Å². The predicted molar refractivity (Wildman–Crippen MR) is 75.7 cm³/mol. The fourth-order valence-electron chi connectivity index (χ4n) is 2.38. The van der Waals surface area contributed by atoms with E-state index in [4.69, 9.17) is 16.3 Å². The number of carbonyl (C=O) groups is 1. The molecule has 5 heteroatoms. The molecule has 1 heterocycles. The molecule has 1 aliphatic heterocycles. The third-order valence-electron chi connectivity index (χ3n) is 3.28. The Hall–Kier alpha value is -2.07. The summed E-state index contributed by atoms with van der Waals surface area (Å²) in [4.78, 5) is 11.4. The first-order valence-corrected chi connectivity index (χ1v) is 6.43. The molecule has 0 aliphatic carbocycles. The van der Waals surface area contributed by atoms with Crippen LogP contribution in [-0.4, -0.2) is 13.0 Å². The van der Waals surface area contributed by atoms with E-state index in [1.54, 1.807) is 24.3 Å². The number of amides is 1. The Morgan fingerprint density at radius 3 is 2.90 bits per heavy atom. The second-order valence-corrected chi connectivity index (χ2v) is 4.94. The molecule has 0 saturated heterocycles. The van der Waals surface area contributed by atoms with E-state index in [9.17, 15) is 9.18 Å². The molecule has 1 aliphatic rings. The number of halogens is 2. The van der Waals surface area contributed by atoms with Crippen molar-refractivity contribution in [1.29, 1.82) is 0 Å². The van der Waals surface area contributed by atoms with Crippen LogP contribution in [0, 0.1) is 5.82 Å². The molecule has 0 aromatic heterocycles. The summed E-state index contributed by atoms with van der Waals surface area (Å²) in [5.41, 5.74) is 2.32. The van der Waals surface area contributed by atoms with E-state index in [-0.39, 0.29) is 12.3 Å². The SMILES string of the molecule is COc1cccc(F)c1-c1cc2c(cc1Cl)NC(=O)C2. The van der Waals surface area contributed by atoms with Gasteiger partial charge in [-0.3, -0.25) is 4.79 Å². The number of nitrogens with one attached hydrogen (secondary N) is 1. The molecule has 0 saturated carbocycles. The first kappa shape index (κ1) is 12.9. The Morgan fingerprint density at radius 2 is 2.15 bits per heavy atom. The van der Waals surface area contributed by atoms with Crippen LogP contribution in [0.2, 0.25) is 5.02 Å². The Kier molecular flexibility index (Phi) is 3.10. The highest BCUT2D eigenvalue weighted by Gasteiger charge is 2.22. The molecule has 3 rings (SSSR count). The second kappa shape index (κ2) is 4.80. The van der Waals surface area contributed by atoms with Gasteiger partial charge in [-0.05, 0) is 29.8 Å². The normalized spacial score (nSPS) is 13.1. The lowest BCUT2D eigenvalue weighted by atomic mass is 10.00. The van der Waals surface area contributed by atoms with E-state index in [1.807, 2.05) is 0 Å². The minimum atomic E-state index is -0.413. The van der Waals surface area contributed by atoms with Crippen LogP contribution in [0.5, 0.6) is 5.75 Å². The summed E-state index contributed by atoms with van der Waals surface area (Å²) in [5.74, 6) is -0.0960. The van der Waals surface area contributed by atoms with E-state index in [0.29, 0.717) is 27.6 Å². The number of methoxy groups -OCH3 is 1. The Bertz CT molecular complexity index is 715. The first-order valence-electron chi connectivity index (χ1n) is 6.05. The molecule has 0 unspecified atom stereocenters. The maximum absolute atomic E-state index is 14.1. The smallest absolute Gasteiger partial charge is 0.228 e. The zero-order valence-electron chi connectivity index (χ0n) is 10.7. The van der Waals surface area contributed by atoms with Crippen molar-refractivity contribution in [3.8, 4) is 16.9 Å². The van der Waals surface area contributed by atoms with Gasteiger partial charge in [-0.1, -0.05) is 17.7 Å². The predicted octanol–water partition coefficient (Wildman–Crippen LogP) is 3.65. The monoisotopic (exact) mass is 291 g/mol. The van der Waals surface area contributed by atoms with Gasteiger partial charge in [0.05, 0.1) is 24.1 Å². The van der Waals surface area contributed by atoms with E-state index in [1.165, 1.54) is 13.2 Å². The molecule has 0 fully saturated rings. The van der Waals surface area contributed by atoms with E-state index < -0.39 is 5.82 Å². The Labute approximate surface area is 120 Å². The highest BCUT2D eigenvalue weighted by atomic mass is 35.5. The van der Waals surface area contributed by atoms with E-state index >= 15 is 0 Å². The number of benzene rings is 2. The topological polar surface area (TPSA) is 38.3 Å². The molecular formula is C15H11ClFNO2. The van der Waals surface area contributed by atoms with Gasteiger partial charge in [-0.15, -0.1) is 0 Å². The van der Waals surface area contributed by atoms with Crippen molar-refractivity contribution >= 4 is 23.2 Å². The lowest BCUT2D eigenvalue weighted by molar-refractivity contribution is -0.115. The summed E-state index contributed by atoms with van der Waals surface area (Å²) < 4.78 is 19.3. The van der Waals surface area contributed by atoms with Gasteiger partial charge >= 0.3 is 0 Å². The number of carbonyl (C=O) groups excluding carboxylic acids is 1. The fraction of sp³-hybridized carbons (Fsp3) is 0.133. The van der Waals surface area contributed by atoms with Crippen LogP contribution in [0.25, 0.3) is 11.1 Å². The summed E-state index contributed by atoms with van der Waals surface area (Å²) in [5, 5.41) is 3.08. The number of ether oxygens (including phenoxy) is 1. The average Bonchev–Trinajstić information content (AvgIpc) is 2.77. The number of anilines is 1. The summed E-state index contributed by atoms with van der Waals surface area (Å²) in [6.45, 7) is 0. The molecule has 0 radical (unpaired) electrons. The summed E-state index contributed by atoms with van der Waals surface area (Å²) in [6.07, 6.45) is 0.274. The van der Waals surface area contributed by atoms with Gasteiger partial charge in [0.2, 0.25) is 5.91 Å². The highest BCUT2D eigenvalue weighted by Crippen LogP contribution is 2.40. The zero-order valence-corrected chi connectivity index (χ0v) is 11.4. The molecule has 102 valence electrons. The average molecular weight is 292 g/mol. The summed E-state index contributed by atoms with van der Waals surface area (Å²) >= 11 is 6.22. The summed E-state index contributed by atoms with van der Waals surface area (Å²) in [7, 11) is 1.48. The maximum atomic E-state index is 14.1. The standard InChI is InChI=1S/C15H11ClFNO2/c1-20-13-4-2-3-11(17)15(13)9-5-8-6-14(19)18-12(8)7-10(9)16/h2-5,7H,6H2,1H3,(H,18,19).